The molecule has 2 heterocycles. The molecule has 0 amide bonds. The Labute approximate surface area is 115 Å². The number of hydrogen-bond acceptors (Lipinski definition) is 4. The third-order valence-electron chi connectivity index (χ3n) is 2.38. The third kappa shape index (κ3) is 2.45. The maximum atomic E-state index is 11.3. The highest BCUT2D eigenvalue weighted by Gasteiger charge is 2.22. The Morgan fingerprint density at radius 2 is 1.68 bits per heavy atom. The molecular weight excluding hydrogens is 316 g/mol. The second kappa shape index (κ2) is 5.15. The number of carbonyl (C=O) groups is 2. The van der Waals surface area contributed by atoms with Crippen molar-refractivity contribution in [3.63, 3.8) is 0 Å². The lowest BCUT2D eigenvalue weighted by molar-refractivity contribution is 0.0683. The van der Waals surface area contributed by atoms with Crippen LogP contribution in [0.1, 0.15) is 20.7 Å². The first-order chi connectivity index (χ1) is 9.02. The molecule has 2 rings (SSSR count). The molecule has 2 N–H and O–H groups in total. The summed E-state index contributed by atoms with van der Waals surface area (Å²) in [6.07, 6.45) is 2.77. The number of aromatic nitrogens is 2. The number of nitrogens with zero attached hydrogens (tertiary/aromatic N) is 2. The summed E-state index contributed by atoms with van der Waals surface area (Å²) in [6.45, 7) is 0. The molecule has 0 aliphatic rings. The molecule has 2 aromatic rings. The van der Waals surface area contributed by atoms with E-state index >= 15 is 0 Å². The average Bonchev–Trinajstić information content (AvgIpc) is 2.37. The number of carboxylic acids is 2. The van der Waals surface area contributed by atoms with Crippen LogP contribution in [0.2, 0.25) is 0 Å². The van der Waals surface area contributed by atoms with E-state index in [-0.39, 0.29) is 22.5 Å². The van der Waals surface area contributed by atoms with Crippen molar-refractivity contribution in [1.82, 2.24) is 9.97 Å². The lowest BCUT2D eigenvalue weighted by Crippen LogP contribution is -2.08. The molecule has 96 valence electrons. The van der Waals surface area contributed by atoms with E-state index in [1.165, 1.54) is 30.6 Å². The van der Waals surface area contributed by atoms with Crippen molar-refractivity contribution < 1.29 is 19.8 Å². The van der Waals surface area contributed by atoms with E-state index in [2.05, 4.69) is 25.9 Å². The number of rotatable bonds is 3. The summed E-state index contributed by atoms with van der Waals surface area (Å²) in [5, 5.41) is 18.3. The summed E-state index contributed by atoms with van der Waals surface area (Å²) in [4.78, 5) is 30.3. The molecule has 0 aliphatic heterocycles. The van der Waals surface area contributed by atoms with E-state index in [0.717, 1.165) is 0 Å². The monoisotopic (exact) mass is 322 g/mol. The number of carboxylic acid groups (broad SMARTS) is 2. The van der Waals surface area contributed by atoms with Gasteiger partial charge in [-0.15, -0.1) is 0 Å². The second-order valence-corrected chi connectivity index (χ2v) is 4.38. The van der Waals surface area contributed by atoms with Crippen LogP contribution in [0, 0.1) is 0 Å². The summed E-state index contributed by atoms with van der Waals surface area (Å²) in [6, 6.07) is 4.28. The highest BCUT2D eigenvalue weighted by atomic mass is 79.9. The smallest absolute Gasteiger partial charge is 0.339 e. The Morgan fingerprint density at radius 1 is 1.00 bits per heavy atom. The molecule has 7 heteroatoms. The van der Waals surface area contributed by atoms with Crippen LogP contribution >= 0.6 is 15.9 Å². The third-order valence-corrected chi connectivity index (χ3v) is 3.04. The van der Waals surface area contributed by atoms with Crippen LogP contribution in [0.3, 0.4) is 0 Å². The number of aromatic carboxylic acids is 2. The van der Waals surface area contributed by atoms with Crippen molar-refractivity contribution in [2.75, 3.05) is 0 Å². The van der Waals surface area contributed by atoms with Crippen molar-refractivity contribution >= 4 is 27.9 Å². The normalized spacial score (nSPS) is 10.2. The second-order valence-electron chi connectivity index (χ2n) is 3.53. The largest absolute Gasteiger partial charge is 0.478 e. The number of hydrogen-bond donors (Lipinski definition) is 2. The molecule has 0 radical (unpaired) electrons. The molecule has 0 aromatic carbocycles. The maximum Gasteiger partial charge on any atom is 0.339 e. The topological polar surface area (TPSA) is 100 Å². The van der Waals surface area contributed by atoms with Gasteiger partial charge < -0.3 is 10.2 Å². The van der Waals surface area contributed by atoms with Crippen molar-refractivity contribution in [3.05, 3.63) is 46.2 Å². The van der Waals surface area contributed by atoms with Gasteiger partial charge in [-0.3, -0.25) is 9.97 Å². The zero-order valence-electron chi connectivity index (χ0n) is 9.37. The van der Waals surface area contributed by atoms with Gasteiger partial charge in [-0.25, -0.2) is 9.59 Å². The van der Waals surface area contributed by atoms with Crippen LogP contribution in [0.25, 0.3) is 11.4 Å². The Balaban J connectivity index is 2.76. The van der Waals surface area contributed by atoms with Crippen LogP contribution in [0.4, 0.5) is 0 Å². The molecule has 0 atom stereocenters. The first-order valence-corrected chi connectivity index (χ1v) is 5.88. The number of halogens is 1. The zero-order valence-corrected chi connectivity index (χ0v) is 11.0. The highest BCUT2D eigenvalue weighted by Crippen LogP contribution is 2.28. The minimum absolute atomic E-state index is 0.0138. The summed E-state index contributed by atoms with van der Waals surface area (Å²) in [5.74, 6) is -2.40. The fourth-order valence-electron chi connectivity index (χ4n) is 1.59. The van der Waals surface area contributed by atoms with Crippen molar-refractivity contribution in [2.45, 2.75) is 0 Å². The molecule has 0 bridgehead atoms. The van der Waals surface area contributed by atoms with Gasteiger partial charge in [0.25, 0.3) is 0 Å². The van der Waals surface area contributed by atoms with E-state index < -0.39 is 11.9 Å². The van der Waals surface area contributed by atoms with Crippen molar-refractivity contribution in [3.8, 4) is 11.4 Å². The molecular formula is C12H7BrN2O4. The predicted octanol–water partition coefficient (Wildman–Crippen LogP) is 2.30. The fraction of sp³-hybridized carbons (Fsp3) is 0. The lowest BCUT2D eigenvalue weighted by Gasteiger charge is -2.08. The van der Waals surface area contributed by atoms with Gasteiger partial charge in [0.1, 0.15) is 17.0 Å². The molecule has 0 aliphatic carbocycles. The minimum Gasteiger partial charge on any atom is -0.478 e. The Morgan fingerprint density at radius 3 is 2.32 bits per heavy atom. The molecule has 6 nitrogen and oxygen atoms in total. The fourth-order valence-corrected chi connectivity index (χ4v) is 2.06. The van der Waals surface area contributed by atoms with Crippen LogP contribution < -0.4 is 0 Å². The Bertz CT molecular complexity index is 673. The Kier molecular flexibility index (Phi) is 3.57. The van der Waals surface area contributed by atoms with Gasteiger partial charge in [-0.1, -0.05) is 0 Å². The minimum atomic E-state index is -1.21. The Hall–Kier alpha value is -2.28. The number of pyridine rings is 2. The van der Waals surface area contributed by atoms with Gasteiger partial charge in [0.05, 0.1) is 5.56 Å². The van der Waals surface area contributed by atoms with E-state index in [4.69, 9.17) is 5.11 Å². The van der Waals surface area contributed by atoms with Crippen LogP contribution in [0.15, 0.2) is 35.1 Å². The van der Waals surface area contributed by atoms with Crippen LogP contribution in [-0.4, -0.2) is 32.1 Å². The molecule has 0 fully saturated rings. The summed E-state index contributed by atoms with van der Waals surface area (Å²) >= 11 is 3.11. The molecule has 0 saturated heterocycles. The maximum absolute atomic E-state index is 11.3. The zero-order chi connectivity index (χ0) is 14.0. The summed E-state index contributed by atoms with van der Waals surface area (Å²) in [7, 11) is 0. The molecule has 2 aromatic heterocycles. The quantitative estimate of drug-likeness (QED) is 0.899. The van der Waals surface area contributed by atoms with Crippen molar-refractivity contribution in [2.24, 2.45) is 0 Å². The van der Waals surface area contributed by atoms with E-state index in [1.807, 2.05) is 0 Å². The van der Waals surface area contributed by atoms with Gasteiger partial charge in [0.15, 0.2) is 0 Å². The standard InChI is InChI=1S/C12H7BrN2O4/c13-7-3-5-15-10(8(7)12(18)19)9-6(11(16)17)2-1-4-14-9/h1-5H,(H,16,17)(H,18,19). The van der Waals surface area contributed by atoms with Gasteiger partial charge in [-0.05, 0) is 34.1 Å². The first-order valence-electron chi connectivity index (χ1n) is 5.09. The van der Waals surface area contributed by atoms with Crippen LogP contribution in [0.5, 0.6) is 0 Å². The molecule has 0 saturated carbocycles. The lowest BCUT2D eigenvalue weighted by atomic mass is 10.1. The van der Waals surface area contributed by atoms with Gasteiger partial charge >= 0.3 is 11.9 Å². The van der Waals surface area contributed by atoms with Crippen molar-refractivity contribution in [1.29, 1.82) is 0 Å². The van der Waals surface area contributed by atoms with E-state index in [9.17, 15) is 14.7 Å². The van der Waals surface area contributed by atoms with Gasteiger partial charge in [-0.2, -0.15) is 0 Å². The van der Waals surface area contributed by atoms with E-state index in [1.54, 1.807) is 0 Å². The van der Waals surface area contributed by atoms with E-state index in [0.29, 0.717) is 4.47 Å². The first kappa shape index (κ1) is 13.2. The van der Waals surface area contributed by atoms with Crippen LogP contribution in [-0.2, 0) is 0 Å². The summed E-state index contributed by atoms with van der Waals surface area (Å²) < 4.78 is 0.312. The summed E-state index contributed by atoms with van der Waals surface area (Å²) in [5.41, 5.74) is -0.187. The molecule has 0 spiro atoms. The highest BCUT2D eigenvalue weighted by molar-refractivity contribution is 9.10. The predicted molar refractivity (Wildman–Crippen MR) is 69.1 cm³/mol. The average molecular weight is 323 g/mol. The van der Waals surface area contributed by atoms with Gasteiger partial charge in [0.2, 0.25) is 0 Å². The molecule has 19 heavy (non-hydrogen) atoms. The SMILES string of the molecule is O=C(O)c1cccnc1-c1nccc(Br)c1C(=O)O. The van der Waals surface area contributed by atoms with Gasteiger partial charge in [0, 0.05) is 16.9 Å². The molecule has 0 unspecified atom stereocenters.